The van der Waals surface area contributed by atoms with E-state index < -0.39 is 17.6 Å². The summed E-state index contributed by atoms with van der Waals surface area (Å²) < 4.78 is 9.29. The predicted octanol–water partition coefficient (Wildman–Crippen LogP) is 6.55. The van der Waals surface area contributed by atoms with E-state index in [1.54, 1.807) is 0 Å². The Labute approximate surface area is 239 Å². The van der Waals surface area contributed by atoms with Gasteiger partial charge in [0.15, 0.2) is 0 Å². The van der Waals surface area contributed by atoms with Gasteiger partial charge in [-0.3, -0.25) is 0 Å². The van der Waals surface area contributed by atoms with Crippen molar-refractivity contribution in [2.45, 2.75) is 71.6 Å². The van der Waals surface area contributed by atoms with Crippen LogP contribution in [0.1, 0.15) is 65.2 Å². The number of hydrogen-bond donors (Lipinski definition) is 0. The van der Waals surface area contributed by atoms with E-state index in [4.69, 9.17) is 4.74 Å². The standard InChI is InChI=1S/C33H34N4O.Pt/c1-31(2,3)25-18-26-20-28(19-25)38-27-12-10-11-24(17-27)21-34-15-16-35(22-34)33(6,7)37-23-36(32(26,4)5)29-13-8-9-14-30(29)37;/h8-16,18-19H,21H2,1-7H3;/q-2;. The Kier molecular flexibility index (Phi) is 5.21. The second-order valence-electron chi connectivity index (χ2n) is 12.6. The molecule has 6 bridgehead atoms. The van der Waals surface area contributed by atoms with Gasteiger partial charge in [-0.1, -0.05) is 0 Å². The molecule has 5 nitrogen and oxygen atoms in total. The van der Waals surface area contributed by atoms with Gasteiger partial charge < -0.3 is 0 Å². The molecule has 204 valence electrons. The normalized spacial score (nSPS) is 20.4. The Morgan fingerprint density at radius 1 is 0.821 bits per heavy atom. The number of nitrogens with zero attached hydrogens (tertiary/aromatic N) is 4. The number of rotatable bonds is 0. The average Bonchev–Trinajstić information content (AvgIpc) is 3.43. The van der Waals surface area contributed by atoms with Gasteiger partial charge in [-0.05, 0) is 0 Å². The fourth-order valence-corrected chi connectivity index (χ4v) is 10.3. The van der Waals surface area contributed by atoms with Crippen LogP contribution in [0.25, 0.3) is 0 Å². The van der Waals surface area contributed by atoms with Crippen LogP contribution in [-0.2, 0) is 35.1 Å². The van der Waals surface area contributed by atoms with Crippen LogP contribution >= 0.6 is 0 Å². The molecule has 0 amide bonds. The Morgan fingerprint density at radius 3 is 2.31 bits per heavy atom. The second kappa shape index (κ2) is 8.17. The molecule has 3 aromatic rings. The maximum atomic E-state index is 6.49. The molecular weight excluding hydrogens is 663 g/mol. The van der Waals surface area contributed by atoms with Crippen molar-refractivity contribution in [2.75, 3.05) is 9.80 Å². The van der Waals surface area contributed by atoms with Crippen molar-refractivity contribution in [3.8, 4) is 11.5 Å². The van der Waals surface area contributed by atoms with E-state index in [-0.39, 0.29) is 16.6 Å². The summed E-state index contributed by atoms with van der Waals surface area (Å²) in [4.78, 5) is 10.1. The summed E-state index contributed by atoms with van der Waals surface area (Å²) >= 11 is -0.539. The Balaban J connectivity index is 1.55. The molecule has 0 N–H and O–H groups in total. The molecule has 0 unspecified atom stereocenters. The molecule has 4 heterocycles. The molecule has 0 radical (unpaired) electrons. The predicted molar refractivity (Wildman–Crippen MR) is 154 cm³/mol. The van der Waals surface area contributed by atoms with E-state index in [1.807, 2.05) is 6.07 Å². The van der Waals surface area contributed by atoms with Crippen molar-refractivity contribution in [2.24, 2.45) is 0 Å². The van der Waals surface area contributed by atoms with Gasteiger partial charge in [0.05, 0.1) is 0 Å². The average molecular weight is 698 g/mol. The van der Waals surface area contributed by atoms with Crippen LogP contribution in [0.5, 0.6) is 11.5 Å². The van der Waals surface area contributed by atoms with Crippen molar-refractivity contribution < 1.29 is 22.4 Å². The van der Waals surface area contributed by atoms with Crippen LogP contribution < -0.4 is 14.5 Å². The fraction of sp³-hybridized carbons (Fsp3) is 0.333. The quantitative estimate of drug-likeness (QED) is 0.248. The second-order valence-corrected chi connectivity index (χ2v) is 15.2. The summed E-state index contributed by atoms with van der Waals surface area (Å²) in [5.74, 6) is 1.47. The molecule has 4 aliphatic rings. The molecule has 3 aromatic carbocycles. The molecule has 0 atom stereocenters. The SMILES string of the molecule is CC(C)(C)c1cc2[c-]c(c1)C(C)(C)N1[C]3=[Pt]=[C]4N(C=CN4C(C)(C)N3c3ccccc31)Cc1[c-]c(ccc1)O2. The molecule has 0 aliphatic carbocycles. The molecule has 6 heteroatoms. The number of para-hydroxylation sites is 2. The molecule has 7 rings (SSSR count). The van der Waals surface area contributed by atoms with Crippen molar-refractivity contribution in [1.82, 2.24) is 9.80 Å². The number of anilines is 2. The fourth-order valence-electron chi connectivity index (χ4n) is 5.80. The van der Waals surface area contributed by atoms with E-state index in [9.17, 15) is 0 Å². The van der Waals surface area contributed by atoms with Crippen molar-refractivity contribution >= 4 is 19.7 Å². The molecule has 0 fully saturated rings. The summed E-state index contributed by atoms with van der Waals surface area (Å²) in [5, 5.41) is 0. The first kappa shape index (κ1) is 24.8. The van der Waals surface area contributed by atoms with Gasteiger partial charge in [-0.2, -0.15) is 0 Å². The molecule has 0 spiro atoms. The van der Waals surface area contributed by atoms with Gasteiger partial charge in [0.1, 0.15) is 0 Å². The summed E-state index contributed by atoms with van der Waals surface area (Å²) in [6.07, 6.45) is 4.49. The topological polar surface area (TPSA) is 22.2 Å². The first-order chi connectivity index (χ1) is 18.4. The van der Waals surface area contributed by atoms with Gasteiger partial charge in [-0.15, -0.1) is 0 Å². The third-order valence-electron chi connectivity index (χ3n) is 8.10. The van der Waals surface area contributed by atoms with Crippen molar-refractivity contribution in [3.63, 3.8) is 0 Å². The van der Waals surface area contributed by atoms with Gasteiger partial charge >= 0.3 is 241 Å². The van der Waals surface area contributed by atoms with E-state index >= 15 is 0 Å². The van der Waals surface area contributed by atoms with Gasteiger partial charge in [0.25, 0.3) is 0 Å². The summed E-state index contributed by atoms with van der Waals surface area (Å²) in [6, 6.07) is 26.8. The number of hydrogen-bond acceptors (Lipinski definition) is 5. The Bertz CT molecular complexity index is 1620. The zero-order valence-electron chi connectivity index (χ0n) is 23.6. The van der Waals surface area contributed by atoms with Gasteiger partial charge in [-0.25, -0.2) is 0 Å². The van der Waals surface area contributed by atoms with E-state index in [0.29, 0.717) is 0 Å². The molecule has 0 saturated heterocycles. The Hall–Kier alpha value is -3.17. The zero-order chi connectivity index (χ0) is 27.3. The van der Waals surface area contributed by atoms with Crippen molar-refractivity contribution in [1.29, 1.82) is 0 Å². The molecule has 4 aliphatic heterocycles. The van der Waals surface area contributed by atoms with Crippen LogP contribution in [0.4, 0.5) is 11.4 Å². The van der Waals surface area contributed by atoms with E-state index in [1.165, 1.54) is 25.2 Å². The van der Waals surface area contributed by atoms with Gasteiger partial charge in [0.2, 0.25) is 0 Å². The van der Waals surface area contributed by atoms with Crippen LogP contribution in [0.3, 0.4) is 0 Å². The summed E-state index contributed by atoms with van der Waals surface area (Å²) in [5.41, 5.74) is 5.32. The molecule has 0 aromatic heterocycles. The minimum atomic E-state index is -0.539. The first-order valence-electron chi connectivity index (χ1n) is 13.5. The van der Waals surface area contributed by atoms with Crippen LogP contribution in [0, 0.1) is 12.1 Å². The van der Waals surface area contributed by atoms with E-state index in [2.05, 4.69) is 141 Å². The Morgan fingerprint density at radius 2 is 1.56 bits per heavy atom. The number of fused-ring (bicyclic) bond motifs is 7. The molecule has 0 saturated carbocycles. The monoisotopic (exact) mass is 697 g/mol. The van der Waals surface area contributed by atoms with Gasteiger partial charge in [0, 0.05) is 0 Å². The molecule has 39 heavy (non-hydrogen) atoms. The van der Waals surface area contributed by atoms with Crippen molar-refractivity contribution in [3.05, 3.63) is 95.8 Å². The maximum absolute atomic E-state index is 6.49. The number of benzene rings is 3. The first-order valence-corrected chi connectivity index (χ1v) is 15.8. The van der Waals surface area contributed by atoms with Crippen LogP contribution in [0.15, 0.2) is 67.0 Å². The summed E-state index contributed by atoms with van der Waals surface area (Å²) in [7, 11) is 0. The third-order valence-corrected chi connectivity index (χ3v) is 11.3. The van der Waals surface area contributed by atoms with E-state index in [0.717, 1.165) is 29.2 Å². The van der Waals surface area contributed by atoms with Crippen LogP contribution in [-0.4, -0.2) is 23.8 Å². The zero-order valence-corrected chi connectivity index (χ0v) is 25.8. The number of ether oxygens (including phenoxy) is 1. The molecular formula is C33H34N4OPt-2. The van der Waals surface area contributed by atoms with Crippen LogP contribution in [0.2, 0.25) is 0 Å². The summed E-state index contributed by atoms with van der Waals surface area (Å²) in [6.45, 7) is 16.9. The minimum absolute atomic E-state index is 0.0384. The third kappa shape index (κ3) is 3.69.